The van der Waals surface area contributed by atoms with Crippen molar-refractivity contribution < 1.29 is 22.7 Å². The van der Waals surface area contributed by atoms with E-state index in [4.69, 9.17) is 9.47 Å². The molecule has 9 heteroatoms. The number of nitrogens with zero attached hydrogens (tertiary/aromatic N) is 3. The number of carbonyl (C=O) groups is 1. The standard InChI is InChI=1S/C15H29N3O5S/c1-5-22-15(19)14(4)16-6-8-17(9-7-16)24(20,21)18-10-12(2)23-13(3)11-18/h12-14H,5-11H2,1-4H3. The maximum absolute atomic E-state index is 12.8. The first-order chi connectivity index (χ1) is 11.3. The van der Waals surface area contributed by atoms with Crippen LogP contribution in [0.5, 0.6) is 0 Å². The zero-order valence-electron chi connectivity index (χ0n) is 15.0. The molecule has 0 radical (unpaired) electrons. The second-order valence-corrected chi connectivity index (χ2v) is 8.37. The highest BCUT2D eigenvalue weighted by Crippen LogP contribution is 2.19. The van der Waals surface area contributed by atoms with E-state index in [2.05, 4.69) is 0 Å². The first-order valence-electron chi connectivity index (χ1n) is 8.57. The number of rotatable bonds is 5. The van der Waals surface area contributed by atoms with E-state index in [0.717, 1.165) is 0 Å². The van der Waals surface area contributed by atoms with Crippen LogP contribution in [0.25, 0.3) is 0 Å². The van der Waals surface area contributed by atoms with E-state index in [-0.39, 0.29) is 24.2 Å². The van der Waals surface area contributed by atoms with Crippen molar-refractivity contribution in [2.45, 2.75) is 45.9 Å². The first-order valence-corrected chi connectivity index (χ1v) is 9.96. The Balaban J connectivity index is 1.94. The second kappa shape index (κ2) is 8.09. The predicted octanol–water partition coefficient (Wildman–Crippen LogP) is -0.0904. The second-order valence-electron chi connectivity index (χ2n) is 6.45. The van der Waals surface area contributed by atoms with E-state index < -0.39 is 10.2 Å². The molecule has 0 aromatic rings. The number of hydrogen-bond acceptors (Lipinski definition) is 6. The van der Waals surface area contributed by atoms with Crippen LogP contribution < -0.4 is 0 Å². The molecule has 3 atom stereocenters. The minimum atomic E-state index is -3.49. The average Bonchev–Trinajstić information content (AvgIpc) is 2.53. The summed E-state index contributed by atoms with van der Waals surface area (Å²) >= 11 is 0. The van der Waals surface area contributed by atoms with Gasteiger partial charge in [0.05, 0.1) is 18.8 Å². The highest BCUT2D eigenvalue weighted by atomic mass is 32.2. The Labute approximate surface area is 144 Å². The topological polar surface area (TPSA) is 79.4 Å². The number of ether oxygens (including phenoxy) is 2. The quantitative estimate of drug-likeness (QED) is 0.635. The highest BCUT2D eigenvalue weighted by Gasteiger charge is 2.37. The normalized spacial score (nSPS) is 29.3. The van der Waals surface area contributed by atoms with E-state index in [1.54, 1.807) is 13.8 Å². The lowest BCUT2D eigenvalue weighted by Gasteiger charge is -2.41. The Morgan fingerprint density at radius 2 is 1.67 bits per heavy atom. The first kappa shape index (κ1) is 19.6. The molecule has 24 heavy (non-hydrogen) atoms. The lowest BCUT2D eigenvalue weighted by molar-refractivity contribution is -0.149. The van der Waals surface area contributed by atoms with Crippen molar-refractivity contribution in [3.63, 3.8) is 0 Å². The van der Waals surface area contributed by atoms with Crippen molar-refractivity contribution in [3.05, 3.63) is 0 Å². The third-order valence-corrected chi connectivity index (χ3v) is 6.46. The van der Waals surface area contributed by atoms with Crippen LogP contribution in [0.2, 0.25) is 0 Å². The van der Waals surface area contributed by atoms with Crippen LogP contribution in [-0.4, -0.2) is 92.0 Å². The molecule has 2 aliphatic heterocycles. The predicted molar refractivity (Wildman–Crippen MR) is 89.7 cm³/mol. The van der Waals surface area contributed by atoms with Crippen molar-refractivity contribution in [1.82, 2.24) is 13.5 Å². The third-order valence-electron chi connectivity index (χ3n) is 4.49. The van der Waals surface area contributed by atoms with Crippen LogP contribution in [0.3, 0.4) is 0 Å². The molecule has 0 amide bonds. The van der Waals surface area contributed by atoms with Crippen LogP contribution in [-0.2, 0) is 24.5 Å². The number of esters is 1. The van der Waals surface area contributed by atoms with Gasteiger partial charge in [0.15, 0.2) is 0 Å². The van der Waals surface area contributed by atoms with E-state index >= 15 is 0 Å². The summed E-state index contributed by atoms with van der Waals surface area (Å²) in [6.07, 6.45) is -0.206. The molecule has 8 nitrogen and oxygen atoms in total. The van der Waals surface area contributed by atoms with Crippen molar-refractivity contribution in [3.8, 4) is 0 Å². The highest BCUT2D eigenvalue weighted by molar-refractivity contribution is 7.86. The summed E-state index contributed by atoms with van der Waals surface area (Å²) in [6, 6.07) is -0.349. The monoisotopic (exact) mass is 363 g/mol. The van der Waals surface area contributed by atoms with Crippen molar-refractivity contribution >= 4 is 16.2 Å². The molecule has 0 aromatic carbocycles. The number of morpholine rings is 1. The zero-order valence-corrected chi connectivity index (χ0v) is 15.8. The Hall–Kier alpha value is -0.740. The minimum Gasteiger partial charge on any atom is -0.465 e. The number of piperazine rings is 1. The Kier molecular flexibility index (Phi) is 6.60. The summed E-state index contributed by atoms with van der Waals surface area (Å²) in [6.45, 7) is 10.3. The molecule has 0 bridgehead atoms. The van der Waals surface area contributed by atoms with Crippen LogP contribution >= 0.6 is 0 Å². The third kappa shape index (κ3) is 4.45. The molecule has 2 aliphatic rings. The van der Waals surface area contributed by atoms with Gasteiger partial charge in [-0.25, -0.2) is 0 Å². The maximum atomic E-state index is 12.8. The van der Waals surface area contributed by atoms with E-state index in [1.807, 2.05) is 18.7 Å². The summed E-state index contributed by atoms with van der Waals surface area (Å²) in [5.41, 5.74) is 0. The lowest BCUT2D eigenvalue weighted by Crippen LogP contribution is -2.58. The van der Waals surface area contributed by atoms with Gasteiger partial charge in [-0.15, -0.1) is 0 Å². The molecule has 0 aromatic heterocycles. The molecule has 0 aliphatic carbocycles. The van der Waals surface area contributed by atoms with Crippen LogP contribution in [0.1, 0.15) is 27.7 Å². The summed E-state index contributed by atoms with van der Waals surface area (Å²) in [7, 11) is -3.49. The van der Waals surface area contributed by atoms with Gasteiger partial charge in [0.2, 0.25) is 0 Å². The van der Waals surface area contributed by atoms with Gasteiger partial charge in [0.1, 0.15) is 6.04 Å². The van der Waals surface area contributed by atoms with Gasteiger partial charge in [0.25, 0.3) is 10.2 Å². The fourth-order valence-electron chi connectivity index (χ4n) is 3.22. The number of carbonyl (C=O) groups excluding carboxylic acids is 1. The van der Waals surface area contributed by atoms with Gasteiger partial charge in [-0.05, 0) is 27.7 Å². The van der Waals surface area contributed by atoms with Crippen molar-refractivity contribution in [2.75, 3.05) is 45.9 Å². The fraction of sp³-hybridized carbons (Fsp3) is 0.933. The molecule has 2 fully saturated rings. The smallest absolute Gasteiger partial charge is 0.323 e. The minimum absolute atomic E-state index is 0.103. The molecule has 0 saturated carbocycles. The van der Waals surface area contributed by atoms with E-state index in [0.29, 0.717) is 45.9 Å². The summed E-state index contributed by atoms with van der Waals surface area (Å²) in [4.78, 5) is 13.8. The molecule has 0 N–H and O–H groups in total. The van der Waals surface area contributed by atoms with Crippen molar-refractivity contribution in [1.29, 1.82) is 0 Å². The summed E-state index contributed by atoms with van der Waals surface area (Å²) in [5.74, 6) is -0.260. The van der Waals surface area contributed by atoms with Gasteiger partial charge < -0.3 is 9.47 Å². The van der Waals surface area contributed by atoms with Crippen LogP contribution in [0.15, 0.2) is 0 Å². The Bertz CT molecular complexity index is 523. The average molecular weight is 363 g/mol. The Morgan fingerprint density at radius 1 is 1.12 bits per heavy atom. The fourth-order valence-corrected chi connectivity index (χ4v) is 4.96. The molecular weight excluding hydrogens is 334 g/mol. The van der Waals surface area contributed by atoms with E-state index in [1.165, 1.54) is 8.61 Å². The zero-order chi connectivity index (χ0) is 17.9. The van der Waals surface area contributed by atoms with Gasteiger partial charge in [-0.2, -0.15) is 17.0 Å². The maximum Gasteiger partial charge on any atom is 0.323 e. The molecular formula is C15H29N3O5S. The number of hydrogen-bond donors (Lipinski definition) is 0. The molecule has 2 heterocycles. The molecule has 2 saturated heterocycles. The van der Waals surface area contributed by atoms with Crippen LogP contribution in [0.4, 0.5) is 0 Å². The molecule has 140 valence electrons. The van der Waals surface area contributed by atoms with Crippen LogP contribution in [0, 0.1) is 0 Å². The molecule has 0 spiro atoms. The molecule has 2 rings (SSSR count). The van der Waals surface area contributed by atoms with Crippen molar-refractivity contribution in [2.24, 2.45) is 0 Å². The summed E-state index contributed by atoms with van der Waals surface area (Å²) < 4.78 is 39.3. The lowest BCUT2D eigenvalue weighted by atomic mass is 10.2. The van der Waals surface area contributed by atoms with Gasteiger partial charge in [0, 0.05) is 39.3 Å². The largest absolute Gasteiger partial charge is 0.465 e. The SMILES string of the molecule is CCOC(=O)C(C)N1CCN(S(=O)(=O)N2CC(C)OC(C)C2)CC1. The van der Waals surface area contributed by atoms with E-state index in [9.17, 15) is 13.2 Å². The van der Waals surface area contributed by atoms with Gasteiger partial charge in [-0.1, -0.05) is 0 Å². The Morgan fingerprint density at radius 3 is 2.17 bits per heavy atom. The summed E-state index contributed by atoms with van der Waals surface area (Å²) in [5, 5.41) is 0. The molecule has 3 unspecified atom stereocenters. The van der Waals surface area contributed by atoms with Gasteiger partial charge in [-0.3, -0.25) is 9.69 Å². The van der Waals surface area contributed by atoms with Gasteiger partial charge >= 0.3 is 5.97 Å².